The quantitative estimate of drug-likeness (QED) is 0.480. The van der Waals surface area contributed by atoms with Gasteiger partial charge in [-0.15, -0.1) is 11.3 Å². The average Bonchev–Trinajstić information content (AvgIpc) is 3.30. The van der Waals surface area contributed by atoms with E-state index in [9.17, 15) is 5.11 Å². The van der Waals surface area contributed by atoms with Crippen molar-refractivity contribution in [1.82, 2.24) is 4.68 Å². The van der Waals surface area contributed by atoms with Crippen molar-refractivity contribution in [3.63, 3.8) is 0 Å². The Labute approximate surface area is 172 Å². The van der Waals surface area contributed by atoms with Crippen molar-refractivity contribution in [3.8, 4) is 23.0 Å². The van der Waals surface area contributed by atoms with E-state index in [1.54, 1.807) is 29.1 Å². The van der Waals surface area contributed by atoms with E-state index in [1.165, 1.54) is 18.4 Å². The largest absolute Gasteiger partial charge is 0.504 e. The molecule has 6 nitrogen and oxygen atoms in total. The third-order valence-electron chi connectivity index (χ3n) is 4.29. The zero-order valence-corrected chi connectivity index (χ0v) is 17.2. The van der Waals surface area contributed by atoms with E-state index >= 15 is 0 Å². The van der Waals surface area contributed by atoms with E-state index in [-0.39, 0.29) is 11.8 Å². The molecule has 0 aliphatic heterocycles. The van der Waals surface area contributed by atoms with Gasteiger partial charge in [-0.1, -0.05) is 24.3 Å². The molecule has 29 heavy (non-hydrogen) atoms. The second-order valence-corrected chi connectivity index (χ2v) is 7.57. The molecule has 2 aromatic carbocycles. The SMILES string of the molecule is COc1cccc(C=Nn2c(-c3cc4ccccc4o3)csc2=NC(C)C)c1O. The van der Waals surface area contributed by atoms with E-state index in [0.29, 0.717) is 17.1 Å². The molecule has 0 aliphatic carbocycles. The third-order valence-corrected chi connectivity index (χ3v) is 5.12. The Kier molecular flexibility index (Phi) is 5.22. The van der Waals surface area contributed by atoms with Gasteiger partial charge in [-0.2, -0.15) is 5.10 Å². The van der Waals surface area contributed by atoms with Gasteiger partial charge >= 0.3 is 0 Å². The maximum atomic E-state index is 10.3. The van der Waals surface area contributed by atoms with Gasteiger partial charge in [-0.05, 0) is 38.1 Å². The molecule has 0 aliphatic rings. The fourth-order valence-electron chi connectivity index (χ4n) is 2.93. The number of aromatic nitrogens is 1. The number of phenolic OH excluding ortho intramolecular Hbond substituents is 1. The van der Waals surface area contributed by atoms with Crippen LogP contribution in [0.1, 0.15) is 19.4 Å². The van der Waals surface area contributed by atoms with Crippen molar-refractivity contribution in [2.45, 2.75) is 19.9 Å². The van der Waals surface area contributed by atoms with E-state index < -0.39 is 0 Å². The number of phenols is 1. The number of nitrogens with zero attached hydrogens (tertiary/aromatic N) is 3. The maximum absolute atomic E-state index is 10.3. The molecule has 1 N–H and O–H groups in total. The Balaban J connectivity index is 1.84. The van der Waals surface area contributed by atoms with Gasteiger partial charge in [0.15, 0.2) is 17.3 Å². The molecule has 7 heteroatoms. The van der Waals surface area contributed by atoms with Gasteiger partial charge in [-0.25, -0.2) is 4.68 Å². The van der Waals surface area contributed by atoms with E-state index in [2.05, 4.69) is 10.1 Å². The lowest BCUT2D eigenvalue weighted by Crippen LogP contribution is -2.14. The highest BCUT2D eigenvalue weighted by Crippen LogP contribution is 2.30. The summed E-state index contributed by atoms with van der Waals surface area (Å²) in [7, 11) is 1.52. The summed E-state index contributed by atoms with van der Waals surface area (Å²) in [5.41, 5.74) is 2.16. The number of fused-ring (bicyclic) bond motifs is 1. The van der Waals surface area contributed by atoms with Crippen LogP contribution in [-0.4, -0.2) is 29.1 Å². The van der Waals surface area contributed by atoms with E-state index in [4.69, 9.17) is 9.15 Å². The van der Waals surface area contributed by atoms with Crippen molar-refractivity contribution < 1.29 is 14.3 Å². The van der Waals surface area contributed by atoms with Crippen molar-refractivity contribution in [2.24, 2.45) is 10.1 Å². The summed E-state index contributed by atoms with van der Waals surface area (Å²) in [4.78, 5) is 5.41. The molecule has 0 unspecified atom stereocenters. The summed E-state index contributed by atoms with van der Waals surface area (Å²) in [5.74, 6) is 1.15. The molecule has 4 aromatic rings. The standard InChI is InChI=1S/C22H21N3O3S/c1-14(2)24-22-25(23-12-16-8-6-10-19(27-3)21(16)26)17(13-29-22)20-11-15-7-4-5-9-18(15)28-20/h4-14,26H,1-3H3. The average molecular weight is 407 g/mol. The molecular weight excluding hydrogens is 386 g/mol. The topological polar surface area (TPSA) is 72.2 Å². The molecular formula is C22H21N3O3S. The first-order valence-corrected chi connectivity index (χ1v) is 10.1. The first kappa shape index (κ1) is 19.0. The second kappa shape index (κ2) is 7.97. The van der Waals surface area contributed by atoms with Gasteiger partial charge in [0.05, 0.1) is 13.3 Å². The zero-order chi connectivity index (χ0) is 20.4. The van der Waals surface area contributed by atoms with E-state index in [0.717, 1.165) is 21.5 Å². The minimum Gasteiger partial charge on any atom is -0.504 e. The van der Waals surface area contributed by atoms with Crippen LogP contribution in [0.3, 0.4) is 0 Å². The van der Waals surface area contributed by atoms with Gasteiger partial charge < -0.3 is 14.3 Å². The molecule has 0 atom stereocenters. The predicted molar refractivity (Wildman–Crippen MR) is 116 cm³/mol. The van der Waals surface area contributed by atoms with Crippen LogP contribution in [0.25, 0.3) is 22.4 Å². The first-order valence-electron chi connectivity index (χ1n) is 9.20. The highest BCUT2D eigenvalue weighted by atomic mass is 32.1. The number of hydrogen-bond acceptors (Lipinski definition) is 6. The summed E-state index contributed by atoms with van der Waals surface area (Å²) >= 11 is 1.49. The van der Waals surface area contributed by atoms with Crippen molar-refractivity contribution >= 4 is 28.5 Å². The van der Waals surface area contributed by atoms with Gasteiger partial charge in [-0.3, -0.25) is 4.99 Å². The molecule has 0 spiro atoms. The van der Waals surface area contributed by atoms with Crippen LogP contribution in [0.4, 0.5) is 0 Å². The normalized spacial score (nSPS) is 12.5. The Bertz CT molecular complexity index is 1210. The summed E-state index contributed by atoms with van der Waals surface area (Å²) in [6.45, 7) is 4.03. The maximum Gasteiger partial charge on any atom is 0.206 e. The van der Waals surface area contributed by atoms with E-state index in [1.807, 2.05) is 49.6 Å². The minimum atomic E-state index is 0.0437. The highest BCUT2D eigenvalue weighted by molar-refractivity contribution is 7.07. The van der Waals surface area contributed by atoms with Crippen molar-refractivity contribution in [3.05, 3.63) is 64.3 Å². The molecule has 0 fully saturated rings. The summed E-state index contributed by atoms with van der Waals surface area (Å²) < 4.78 is 12.9. The summed E-state index contributed by atoms with van der Waals surface area (Å²) in [5, 5.41) is 18.0. The fourth-order valence-corrected chi connectivity index (χ4v) is 3.88. The van der Waals surface area contributed by atoms with Crippen molar-refractivity contribution in [1.29, 1.82) is 0 Å². The predicted octanol–water partition coefficient (Wildman–Crippen LogP) is 4.87. The lowest BCUT2D eigenvalue weighted by atomic mass is 10.2. The van der Waals surface area contributed by atoms with Crippen LogP contribution in [0, 0.1) is 0 Å². The number of benzene rings is 2. The number of rotatable bonds is 5. The second-order valence-electron chi connectivity index (χ2n) is 6.73. The Hall–Kier alpha value is -3.32. The van der Waals surface area contributed by atoms with Crippen molar-refractivity contribution in [2.75, 3.05) is 7.11 Å². The zero-order valence-electron chi connectivity index (χ0n) is 16.4. The number of thiazole rings is 1. The molecule has 0 radical (unpaired) electrons. The van der Waals surface area contributed by atoms with Crippen LogP contribution >= 0.6 is 11.3 Å². The molecule has 148 valence electrons. The summed E-state index contributed by atoms with van der Waals surface area (Å²) in [6.07, 6.45) is 1.59. The molecule has 2 aromatic heterocycles. The van der Waals surface area contributed by atoms with Crippen LogP contribution in [-0.2, 0) is 0 Å². The smallest absolute Gasteiger partial charge is 0.206 e. The Morgan fingerprint density at radius 2 is 2.00 bits per heavy atom. The Morgan fingerprint density at radius 3 is 2.76 bits per heavy atom. The fraction of sp³-hybridized carbons (Fsp3) is 0.182. The van der Waals surface area contributed by atoms with Crippen LogP contribution in [0.5, 0.6) is 11.5 Å². The Morgan fingerprint density at radius 1 is 1.17 bits per heavy atom. The number of para-hydroxylation sites is 2. The molecule has 0 saturated heterocycles. The van der Waals surface area contributed by atoms with Crippen LogP contribution < -0.4 is 9.54 Å². The number of methoxy groups -OCH3 is 1. The molecule has 4 rings (SSSR count). The summed E-state index contributed by atoms with van der Waals surface area (Å²) in [6, 6.07) is 15.3. The van der Waals surface area contributed by atoms with Gasteiger partial charge in [0.2, 0.25) is 4.80 Å². The number of aromatic hydroxyl groups is 1. The monoisotopic (exact) mass is 407 g/mol. The third kappa shape index (κ3) is 3.82. The van der Waals surface area contributed by atoms with Gasteiger partial charge in [0.1, 0.15) is 11.3 Å². The number of hydrogen-bond donors (Lipinski definition) is 1. The van der Waals surface area contributed by atoms with Gasteiger partial charge in [0.25, 0.3) is 0 Å². The lowest BCUT2D eigenvalue weighted by Gasteiger charge is -2.05. The number of ether oxygens (including phenoxy) is 1. The highest BCUT2D eigenvalue weighted by Gasteiger charge is 2.13. The first-order chi connectivity index (χ1) is 14.1. The van der Waals surface area contributed by atoms with Crippen LogP contribution in [0.2, 0.25) is 0 Å². The van der Waals surface area contributed by atoms with Crippen LogP contribution in [0.15, 0.2) is 68.4 Å². The van der Waals surface area contributed by atoms with Gasteiger partial charge in [0, 0.05) is 22.4 Å². The molecule has 0 amide bonds. The lowest BCUT2D eigenvalue weighted by molar-refractivity contribution is 0.373. The number of furan rings is 1. The molecule has 2 heterocycles. The minimum absolute atomic E-state index is 0.0437. The molecule has 0 bridgehead atoms. The molecule has 0 saturated carbocycles.